The average molecular weight is 389 g/mol. The molecule has 0 saturated carbocycles. The van der Waals surface area contributed by atoms with Crippen molar-refractivity contribution in [3.8, 4) is 0 Å². The van der Waals surface area contributed by atoms with Crippen LogP contribution in [0.4, 0.5) is 0 Å². The minimum absolute atomic E-state index is 0.193. The minimum atomic E-state index is -0.470. The Balaban J connectivity index is 1.38. The lowest BCUT2D eigenvalue weighted by atomic mass is 10.1. The number of nitrogens with one attached hydrogen (secondary N) is 2. The summed E-state index contributed by atoms with van der Waals surface area (Å²) in [7, 11) is 0. The largest absolute Gasteiger partial charge is 0.354 e. The molecule has 0 bridgehead atoms. The van der Waals surface area contributed by atoms with Crippen LogP contribution in [-0.2, 0) is 11.2 Å². The summed E-state index contributed by atoms with van der Waals surface area (Å²) >= 11 is 0. The number of fused-ring (bicyclic) bond motifs is 2. The summed E-state index contributed by atoms with van der Waals surface area (Å²) in [6, 6.07) is 14.1. The van der Waals surface area contributed by atoms with Gasteiger partial charge in [-0.25, -0.2) is 0 Å². The van der Waals surface area contributed by atoms with Crippen molar-refractivity contribution in [1.29, 1.82) is 0 Å². The van der Waals surface area contributed by atoms with Crippen molar-refractivity contribution < 1.29 is 14.4 Å². The Morgan fingerprint density at radius 3 is 2.38 bits per heavy atom. The smallest absolute Gasteiger partial charge is 0.262 e. The second-order valence-corrected chi connectivity index (χ2v) is 7.00. The first-order valence-electron chi connectivity index (χ1n) is 9.29. The third-order valence-corrected chi connectivity index (χ3v) is 5.06. The lowest BCUT2D eigenvalue weighted by molar-refractivity contribution is -0.121. The number of imide groups is 1. The van der Waals surface area contributed by atoms with Gasteiger partial charge in [-0.3, -0.25) is 24.1 Å². The molecule has 0 unspecified atom stereocenters. The number of H-pyrrole nitrogens is 1. The van der Waals surface area contributed by atoms with Gasteiger partial charge in [0.2, 0.25) is 5.91 Å². The van der Waals surface area contributed by atoms with Crippen molar-refractivity contribution in [2.24, 2.45) is 0 Å². The molecule has 0 atom stereocenters. The van der Waals surface area contributed by atoms with E-state index in [2.05, 4.69) is 10.3 Å². The number of aromatic amines is 1. The van der Waals surface area contributed by atoms with Crippen LogP contribution in [-0.4, -0.2) is 40.7 Å². The topological polar surface area (TPSA) is 99.3 Å². The predicted molar refractivity (Wildman–Crippen MR) is 108 cm³/mol. The second-order valence-electron chi connectivity index (χ2n) is 7.00. The Morgan fingerprint density at radius 2 is 1.69 bits per heavy atom. The van der Waals surface area contributed by atoms with Gasteiger partial charge in [-0.1, -0.05) is 30.3 Å². The van der Waals surface area contributed by atoms with E-state index in [1.54, 1.807) is 24.3 Å². The molecule has 1 aliphatic rings. The molecule has 1 aromatic heterocycles. The van der Waals surface area contributed by atoms with Gasteiger partial charge >= 0.3 is 0 Å². The number of hydrogen-bond acceptors (Lipinski definition) is 4. The van der Waals surface area contributed by atoms with E-state index in [4.69, 9.17) is 0 Å². The van der Waals surface area contributed by atoms with Crippen LogP contribution >= 0.6 is 0 Å². The van der Waals surface area contributed by atoms with Gasteiger partial charge in [-0.2, -0.15) is 0 Å². The van der Waals surface area contributed by atoms with Gasteiger partial charge in [0, 0.05) is 12.1 Å². The Morgan fingerprint density at radius 1 is 1.00 bits per heavy atom. The highest BCUT2D eigenvalue weighted by Gasteiger charge is 2.36. The number of para-hydroxylation sites is 1. The molecule has 1 aliphatic heterocycles. The maximum atomic E-state index is 12.3. The van der Waals surface area contributed by atoms with Gasteiger partial charge < -0.3 is 10.3 Å². The maximum absolute atomic E-state index is 12.3. The first kappa shape index (κ1) is 18.6. The molecule has 0 fully saturated rings. The number of aromatic nitrogens is 1. The summed E-state index contributed by atoms with van der Waals surface area (Å²) in [5.74, 6) is -1.39. The molecule has 3 amide bonds. The molecule has 29 heavy (non-hydrogen) atoms. The second kappa shape index (κ2) is 7.35. The first-order valence-corrected chi connectivity index (χ1v) is 9.29. The van der Waals surface area contributed by atoms with Crippen LogP contribution in [0.3, 0.4) is 0 Å². The van der Waals surface area contributed by atoms with E-state index in [1.165, 1.54) is 0 Å². The van der Waals surface area contributed by atoms with Gasteiger partial charge in [0.15, 0.2) is 0 Å². The van der Waals surface area contributed by atoms with Crippen LogP contribution < -0.4 is 10.9 Å². The third-order valence-electron chi connectivity index (χ3n) is 5.06. The third kappa shape index (κ3) is 3.42. The molecule has 2 aromatic carbocycles. The van der Waals surface area contributed by atoms with E-state index in [9.17, 15) is 19.2 Å². The number of pyridine rings is 1. The summed E-state index contributed by atoms with van der Waals surface area (Å²) in [4.78, 5) is 53.0. The van der Waals surface area contributed by atoms with Crippen molar-refractivity contribution in [2.45, 2.75) is 13.3 Å². The fourth-order valence-corrected chi connectivity index (χ4v) is 3.53. The number of rotatable bonds is 5. The summed E-state index contributed by atoms with van der Waals surface area (Å²) in [6.07, 6.45) is 0.340. The molecule has 0 aliphatic carbocycles. The number of nitrogens with zero attached hydrogens (tertiary/aromatic N) is 1. The van der Waals surface area contributed by atoms with Crippen LogP contribution in [0.2, 0.25) is 0 Å². The Kier molecular flexibility index (Phi) is 4.72. The SMILES string of the molecule is Cc1cccc2cc(CCNC(=O)CN3C(=O)c4ccccc4C3=O)c(=O)[nH]c12. The zero-order chi connectivity index (χ0) is 20.5. The van der Waals surface area contributed by atoms with Crippen LogP contribution in [0, 0.1) is 6.92 Å². The van der Waals surface area contributed by atoms with Gasteiger partial charge in [-0.15, -0.1) is 0 Å². The molecule has 7 heteroatoms. The lowest BCUT2D eigenvalue weighted by Crippen LogP contribution is -2.41. The Hall–Kier alpha value is -3.74. The molecular weight excluding hydrogens is 370 g/mol. The predicted octanol–water partition coefficient (Wildman–Crippen LogP) is 1.79. The molecule has 0 saturated heterocycles. The van der Waals surface area contributed by atoms with Gasteiger partial charge in [0.05, 0.1) is 16.6 Å². The van der Waals surface area contributed by atoms with Gasteiger partial charge in [0.25, 0.3) is 17.4 Å². The van der Waals surface area contributed by atoms with E-state index in [1.807, 2.05) is 31.2 Å². The number of benzene rings is 2. The molecule has 2 heterocycles. The highest BCUT2D eigenvalue weighted by Crippen LogP contribution is 2.21. The number of carbonyl (C=O) groups is 3. The normalized spacial score (nSPS) is 13.1. The highest BCUT2D eigenvalue weighted by atomic mass is 16.2. The molecule has 0 radical (unpaired) electrons. The summed E-state index contributed by atoms with van der Waals surface area (Å²) in [5, 5.41) is 3.60. The number of carbonyl (C=O) groups excluding carboxylic acids is 3. The molecule has 4 rings (SSSR count). The Labute approximate surface area is 166 Å². The van der Waals surface area contributed by atoms with E-state index in [0.717, 1.165) is 21.4 Å². The zero-order valence-corrected chi connectivity index (χ0v) is 15.8. The molecular formula is C22H19N3O4. The van der Waals surface area contributed by atoms with E-state index < -0.39 is 17.7 Å². The minimum Gasteiger partial charge on any atom is -0.354 e. The van der Waals surface area contributed by atoms with Gasteiger partial charge in [-0.05, 0) is 42.5 Å². The quantitative estimate of drug-likeness (QED) is 0.650. The van der Waals surface area contributed by atoms with Crippen LogP contribution in [0.25, 0.3) is 10.9 Å². The standard InChI is InChI=1S/C22H19N3O4/c1-13-5-4-6-14-11-15(20(27)24-19(13)14)9-10-23-18(26)12-25-21(28)16-7-2-3-8-17(16)22(25)29/h2-8,11H,9-10,12H2,1H3,(H,23,26)(H,24,27). The summed E-state index contributed by atoms with van der Waals surface area (Å²) in [5.41, 5.74) is 2.77. The number of hydrogen-bond donors (Lipinski definition) is 2. The van der Waals surface area contributed by atoms with Crippen molar-refractivity contribution in [2.75, 3.05) is 13.1 Å². The lowest BCUT2D eigenvalue weighted by Gasteiger charge is -2.13. The van der Waals surface area contributed by atoms with Crippen molar-refractivity contribution in [1.82, 2.24) is 15.2 Å². The van der Waals surface area contributed by atoms with Gasteiger partial charge in [0.1, 0.15) is 6.54 Å². The summed E-state index contributed by atoms with van der Waals surface area (Å²) < 4.78 is 0. The molecule has 7 nitrogen and oxygen atoms in total. The molecule has 146 valence electrons. The first-order chi connectivity index (χ1) is 14.0. The number of amides is 3. The zero-order valence-electron chi connectivity index (χ0n) is 15.8. The fourth-order valence-electron chi connectivity index (χ4n) is 3.53. The van der Waals surface area contributed by atoms with Crippen LogP contribution in [0.1, 0.15) is 31.8 Å². The van der Waals surface area contributed by atoms with Crippen molar-refractivity contribution >= 4 is 28.6 Å². The van der Waals surface area contributed by atoms with Crippen LogP contribution in [0.15, 0.2) is 53.3 Å². The molecule has 3 aromatic rings. The average Bonchev–Trinajstić information content (AvgIpc) is 2.94. The fraction of sp³-hybridized carbons (Fsp3) is 0.182. The van der Waals surface area contributed by atoms with Crippen molar-refractivity contribution in [3.63, 3.8) is 0 Å². The number of aryl methyl sites for hydroxylation is 1. The highest BCUT2D eigenvalue weighted by molar-refractivity contribution is 6.22. The van der Waals surface area contributed by atoms with E-state index >= 15 is 0 Å². The van der Waals surface area contributed by atoms with E-state index in [-0.39, 0.29) is 18.6 Å². The molecule has 2 N–H and O–H groups in total. The molecule has 0 spiro atoms. The maximum Gasteiger partial charge on any atom is 0.262 e. The monoisotopic (exact) mass is 389 g/mol. The summed E-state index contributed by atoms with van der Waals surface area (Å²) in [6.45, 7) is 1.80. The van der Waals surface area contributed by atoms with Crippen molar-refractivity contribution in [3.05, 3.63) is 81.1 Å². The Bertz CT molecular complexity index is 1180. The van der Waals surface area contributed by atoms with E-state index in [0.29, 0.717) is 23.1 Å². The van der Waals surface area contributed by atoms with Crippen LogP contribution in [0.5, 0.6) is 0 Å².